The van der Waals surface area contributed by atoms with Gasteiger partial charge in [-0.1, -0.05) is 0 Å². The number of anilines is 1. The highest BCUT2D eigenvalue weighted by Gasteiger charge is 2.28. The number of carboxylic acid groups (broad SMARTS) is 1. The fraction of sp³-hybridized carbons (Fsp3) is 0.250. The van der Waals surface area contributed by atoms with Crippen molar-refractivity contribution < 1.29 is 23.9 Å². The summed E-state index contributed by atoms with van der Waals surface area (Å²) < 4.78 is 13.6. The van der Waals surface area contributed by atoms with Crippen molar-refractivity contribution in [2.45, 2.75) is 6.42 Å². The van der Waals surface area contributed by atoms with Crippen LogP contribution in [0.3, 0.4) is 0 Å². The summed E-state index contributed by atoms with van der Waals surface area (Å²) in [6, 6.07) is 3.20. The van der Waals surface area contributed by atoms with Crippen molar-refractivity contribution in [1.82, 2.24) is 5.32 Å². The van der Waals surface area contributed by atoms with Crippen LogP contribution in [0.2, 0.25) is 0 Å². The molecule has 0 saturated carbocycles. The van der Waals surface area contributed by atoms with Crippen molar-refractivity contribution >= 4 is 23.5 Å². The number of benzene rings is 1. The van der Waals surface area contributed by atoms with Crippen molar-refractivity contribution in [3.63, 3.8) is 0 Å². The molecule has 1 aromatic rings. The third-order valence-electron chi connectivity index (χ3n) is 2.82. The Bertz CT molecular complexity index is 559. The van der Waals surface area contributed by atoms with Crippen molar-refractivity contribution in [1.29, 1.82) is 0 Å². The van der Waals surface area contributed by atoms with Crippen LogP contribution in [-0.4, -0.2) is 29.4 Å². The number of carbonyl (C=O) groups is 3. The van der Waals surface area contributed by atoms with Gasteiger partial charge in [-0.3, -0.25) is 9.59 Å². The van der Waals surface area contributed by atoms with E-state index in [1.54, 1.807) is 0 Å². The maximum atomic E-state index is 13.6. The molecule has 3 N–H and O–H groups in total. The Morgan fingerprint density at radius 1 is 1.42 bits per heavy atom. The van der Waals surface area contributed by atoms with Crippen molar-refractivity contribution in [3.05, 3.63) is 29.6 Å². The van der Waals surface area contributed by atoms with E-state index in [0.29, 0.717) is 0 Å². The van der Waals surface area contributed by atoms with Gasteiger partial charge in [-0.15, -0.1) is 0 Å². The smallest absolute Gasteiger partial charge is 0.335 e. The molecule has 1 aliphatic rings. The summed E-state index contributed by atoms with van der Waals surface area (Å²) in [4.78, 5) is 33.3. The molecular formula is C12H11FN2O4. The molecule has 100 valence electrons. The van der Waals surface area contributed by atoms with E-state index in [4.69, 9.17) is 5.11 Å². The topological polar surface area (TPSA) is 95.5 Å². The molecule has 0 aliphatic carbocycles. The van der Waals surface area contributed by atoms with Crippen LogP contribution in [0.25, 0.3) is 0 Å². The molecular weight excluding hydrogens is 255 g/mol. The molecule has 1 unspecified atom stereocenters. The molecule has 1 aromatic carbocycles. The van der Waals surface area contributed by atoms with Gasteiger partial charge in [0, 0.05) is 13.0 Å². The van der Waals surface area contributed by atoms with Gasteiger partial charge in [0.05, 0.1) is 17.2 Å². The van der Waals surface area contributed by atoms with E-state index in [9.17, 15) is 18.8 Å². The second-order valence-electron chi connectivity index (χ2n) is 4.19. The second-order valence-corrected chi connectivity index (χ2v) is 4.19. The zero-order chi connectivity index (χ0) is 14.0. The summed E-state index contributed by atoms with van der Waals surface area (Å²) in [6.07, 6.45) is 0.0701. The highest BCUT2D eigenvalue weighted by atomic mass is 19.1. The fourth-order valence-corrected chi connectivity index (χ4v) is 1.77. The average Bonchev–Trinajstić information content (AvgIpc) is 2.78. The van der Waals surface area contributed by atoms with Crippen LogP contribution < -0.4 is 10.6 Å². The molecule has 0 spiro atoms. The van der Waals surface area contributed by atoms with Crippen LogP contribution >= 0.6 is 0 Å². The number of carboxylic acids is 1. The van der Waals surface area contributed by atoms with Crippen molar-refractivity contribution in [2.75, 3.05) is 11.9 Å². The molecule has 2 amide bonds. The highest BCUT2D eigenvalue weighted by Crippen LogP contribution is 2.18. The molecule has 1 heterocycles. The maximum absolute atomic E-state index is 13.6. The first-order chi connectivity index (χ1) is 8.97. The summed E-state index contributed by atoms with van der Waals surface area (Å²) in [5.41, 5.74) is -0.303. The first kappa shape index (κ1) is 13.0. The van der Waals surface area contributed by atoms with Crippen LogP contribution in [0, 0.1) is 11.7 Å². The minimum atomic E-state index is -1.25. The van der Waals surface area contributed by atoms with Gasteiger partial charge in [0.2, 0.25) is 11.8 Å². The summed E-state index contributed by atoms with van der Waals surface area (Å²) in [5, 5.41) is 13.5. The molecule has 0 aromatic heterocycles. The van der Waals surface area contributed by atoms with Crippen molar-refractivity contribution in [3.8, 4) is 0 Å². The van der Waals surface area contributed by atoms with E-state index in [0.717, 1.165) is 6.07 Å². The quantitative estimate of drug-likeness (QED) is 0.746. The summed E-state index contributed by atoms with van der Waals surface area (Å²) in [7, 11) is 0. The van der Waals surface area contributed by atoms with Gasteiger partial charge in [-0.25, -0.2) is 9.18 Å². The lowest BCUT2D eigenvalue weighted by molar-refractivity contribution is -0.123. The molecule has 19 heavy (non-hydrogen) atoms. The summed E-state index contributed by atoms with van der Waals surface area (Å²) in [5.74, 6) is -3.30. The number of hydrogen-bond donors (Lipinski definition) is 3. The Morgan fingerprint density at radius 2 is 2.16 bits per heavy atom. The third kappa shape index (κ3) is 2.87. The van der Waals surface area contributed by atoms with Gasteiger partial charge in [0.15, 0.2) is 0 Å². The molecule has 7 heteroatoms. The van der Waals surface area contributed by atoms with E-state index >= 15 is 0 Å². The van der Waals surface area contributed by atoms with Crippen LogP contribution in [-0.2, 0) is 9.59 Å². The molecule has 1 fully saturated rings. The Balaban J connectivity index is 2.09. The normalized spacial score (nSPS) is 17.9. The highest BCUT2D eigenvalue weighted by molar-refractivity contribution is 5.97. The van der Waals surface area contributed by atoms with E-state index in [1.807, 2.05) is 0 Å². The lowest BCUT2D eigenvalue weighted by Gasteiger charge is -2.10. The molecule has 2 rings (SSSR count). The van der Waals surface area contributed by atoms with Crippen LogP contribution in [0.1, 0.15) is 16.8 Å². The number of nitrogens with one attached hydrogen (secondary N) is 2. The fourth-order valence-electron chi connectivity index (χ4n) is 1.77. The van der Waals surface area contributed by atoms with Gasteiger partial charge in [0.25, 0.3) is 0 Å². The van der Waals surface area contributed by atoms with E-state index in [-0.39, 0.29) is 30.1 Å². The number of carbonyl (C=O) groups excluding carboxylic acids is 2. The molecule has 6 nitrogen and oxygen atoms in total. The molecule has 0 bridgehead atoms. The van der Waals surface area contributed by atoms with Crippen LogP contribution in [0.15, 0.2) is 18.2 Å². The van der Waals surface area contributed by atoms with Gasteiger partial charge in [-0.05, 0) is 18.2 Å². The Morgan fingerprint density at radius 3 is 2.68 bits per heavy atom. The minimum absolute atomic E-state index is 0.0701. The minimum Gasteiger partial charge on any atom is -0.478 e. The van der Waals surface area contributed by atoms with E-state index in [1.165, 1.54) is 12.1 Å². The van der Waals surface area contributed by atoms with Gasteiger partial charge in [-0.2, -0.15) is 0 Å². The Kier molecular flexibility index (Phi) is 3.46. The van der Waals surface area contributed by atoms with Crippen molar-refractivity contribution in [2.24, 2.45) is 5.92 Å². The summed E-state index contributed by atoms with van der Waals surface area (Å²) in [6.45, 7) is 0.222. The molecule has 1 saturated heterocycles. The number of rotatable bonds is 3. The zero-order valence-electron chi connectivity index (χ0n) is 9.77. The number of aromatic carboxylic acids is 1. The van der Waals surface area contributed by atoms with E-state index in [2.05, 4.69) is 10.6 Å². The standard InChI is InChI=1S/C12H11FN2O4/c13-8-3-6(12(18)19)1-2-9(8)15-11(17)7-4-10(16)14-5-7/h1-3,7H,4-5H2,(H,14,16)(H,15,17)(H,18,19). The number of hydrogen-bond acceptors (Lipinski definition) is 3. The molecule has 1 atom stereocenters. The second kappa shape index (κ2) is 5.05. The number of halogens is 1. The monoisotopic (exact) mass is 266 g/mol. The first-order valence-electron chi connectivity index (χ1n) is 5.58. The molecule has 0 radical (unpaired) electrons. The summed E-state index contributed by atoms with van der Waals surface area (Å²) >= 11 is 0. The predicted octanol–water partition coefficient (Wildman–Crippen LogP) is 0.599. The van der Waals surface area contributed by atoms with Crippen LogP contribution in [0.5, 0.6) is 0 Å². The average molecular weight is 266 g/mol. The van der Waals surface area contributed by atoms with Gasteiger partial charge in [0.1, 0.15) is 5.82 Å². The van der Waals surface area contributed by atoms with Gasteiger partial charge < -0.3 is 15.7 Å². The lowest BCUT2D eigenvalue weighted by atomic mass is 10.1. The third-order valence-corrected chi connectivity index (χ3v) is 2.82. The van der Waals surface area contributed by atoms with Gasteiger partial charge >= 0.3 is 5.97 Å². The molecule has 1 aliphatic heterocycles. The lowest BCUT2D eigenvalue weighted by Crippen LogP contribution is -2.25. The zero-order valence-corrected chi connectivity index (χ0v) is 9.77. The first-order valence-corrected chi connectivity index (χ1v) is 5.58. The largest absolute Gasteiger partial charge is 0.478 e. The predicted molar refractivity (Wildman–Crippen MR) is 63.1 cm³/mol. The van der Waals surface area contributed by atoms with Crippen LogP contribution in [0.4, 0.5) is 10.1 Å². The Hall–Kier alpha value is -2.44. The maximum Gasteiger partial charge on any atom is 0.335 e. The number of amides is 2. The van der Waals surface area contributed by atoms with E-state index < -0.39 is 23.6 Å². The Labute approximate surface area is 107 Å². The SMILES string of the molecule is O=C1CC(C(=O)Nc2ccc(C(=O)O)cc2F)CN1.